The summed E-state index contributed by atoms with van der Waals surface area (Å²) in [4.78, 5) is 0. The van der Waals surface area contributed by atoms with Crippen LogP contribution in [0.1, 0.15) is 39.5 Å². The van der Waals surface area contributed by atoms with Gasteiger partial charge < -0.3 is 5.21 Å². The molecule has 0 saturated heterocycles. The van der Waals surface area contributed by atoms with Crippen LogP contribution in [0.15, 0.2) is 5.16 Å². The van der Waals surface area contributed by atoms with Crippen molar-refractivity contribution in [3.05, 3.63) is 0 Å². The van der Waals surface area contributed by atoms with Gasteiger partial charge in [-0.15, -0.1) is 5.16 Å². The van der Waals surface area contributed by atoms with E-state index in [-0.39, 0.29) is 16.5 Å². The maximum Gasteiger partial charge on any atom is 0.0466 e. The molecule has 0 saturated carbocycles. The summed E-state index contributed by atoms with van der Waals surface area (Å²) in [6, 6.07) is 0. The fraction of sp³-hybridized carbons (Fsp3) is 0.875. The summed E-state index contributed by atoms with van der Waals surface area (Å²) < 4.78 is 0. The predicted molar refractivity (Wildman–Crippen MR) is 43.6 cm³/mol. The fourth-order valence-electron chi connectivity index (χ4n) is 0.945. The minimum absolute atomic E-state index is 0. The first-order valence-corrected chi connectivity index (χ1v) is 4.02. The van der Waals surface area contributed by atoms with Crippen molar-refractivity contribution in [1.82, 2.24) is 0 Å². The molecule has 0 aliphatic heterocycles. The molecule has 0 heterocycles. The van der Waals surface area contributed by atoms with Crippen LogP contribution in [0.2, 0.25) is 0 Å². The van der Waals surface area contributed by atoms with E-state index in [9.17, 15) is 0 Å². The van der Waals surface area contributed by atoms with E-state index in [1.165, 1.54) is 12.8 Å². The van der Waals surface area contributed by atoms with Crippen molar-refractivity contribution in [2.45, 2.75) is 39.5 Å². The van der Waals surface area contributed by atoms with E-state index in [4.69, 9.17) is 5.21 Å². The van der Waals surface area contributed by atoms with E-state index in [2.05, 4.69) is 19.0 Å². The summed E-state index contributed by atoms with van der Waals surface area (Å²) in [6.07, 6.45) is 6.30. The molecule has 0 aliphatic carbocycles. The molecule has 0 rings (SSSR count). The van der Waals surface area contributed by atoms with Crippen molar-refractivity contribution < 1.29 is 21.7 Å². The van der Waals surface area contributed by atoms with Gasteiger partial charge in [0, 0.05) is 22.7 Å². The minimum Gasteiger partial charge on any atom is -0.411 e. The Morgan fingerprint density at radius 1 is 1.45 bits per heavy atom. The molecule has 0 radical (unpaired) electrons. The molecular formula is C8H17NNiO. The van der Waals surface area contributed by atoms with Gasteiger partial charge >= 0.3 is 0 Å². The molecule has 0 spiro atoms. The summed E-state index contributed by atoms with van der Waals surface area (Å²) in [6.45, 7) is 4.28. The molecule has 0 aliphatic rings. The molecule has 0 amide bonds. The third kappa shape index (κ3) is 7.86. The molecule has 0 aromatic rings. The zero-order valence-corrected chi connectivity index (χ0v) is 8.18. The smallest absolute Gasteiger partial charge is 0.0466 e. The van der Waals surface area contributed by atoms with Crippen LogP contribution < -0.4 is 0 Å². The summed E-state index contributed by atoms with van der Waals surface area (Å²) in [5.41, 5.74) is 0. The maximum atomic E-state index is 8.24. The Kier molecular flexibility index (Phi) is 12.3. The molecular weight excluding hydrogens is 185 g/mol. The summed E-state index contributed by atoms with van der Waals surface area (Å²) >= 11 is 0. The van der Waals surface area contributed by atoms with Gasteiger partial charge in [0.25, 0.3) is 0 Å². The Hall–Kier alpha value is -0.0365. The number of nitrogens with zero attached hydrogens (tertiary/aromatic N) is 1. The quantitative estimate of drug-likeness (QED) is 0.316. The van der Waals surface area contributed by atoms with Gasteiger partial charge in [-0.25, -0.2) is 0 Å². The SMILES string of the molecule is CCCCC(C=NO)CC.[Ni]. The standard InChI is InChI=1S/C8H17NO.Ni/c1-3-5-6-8(4-2)7-9-10;/h7-8,10H,3-6H2,1-2H3;. The van der Waals surface area contributed by atoms with Crippen LogP contribution in [0.5, 0.6) is 0 Å². The van der Waals surface area contributed by atoms with Crippen LogP contribution >= 0.6 is 0 Å². The molecule has 0 bridgehead atoms. The Morgan fingerprint density at radius 3 is 2.45 bits per heavy atom. The maximum absolute atomic E-state index is 8.24. The second kappa shape index (κ2) is 9.96. The molecule has 1 atom stereocenters. The summed E-state index contributed by atoms with van der Waals surface area (Å²) in [5, 5.41) is 11.3. The number of rotatable bonds is 5. The molecule has 11 heavy (non-hydrogen) atoms. The van der Waals surface area contributed by atoms with Crippen molar-refractivity contribution in [1.29, 1.82) is 0 Å². The van der Waals surface area contributed by atoms with E-state index >= 15 is 0 Å². The van der Waals surface area contributed by atoms with E-state index in [0.717, 1.165) is 12.8 Å². The normalized spacial score (nSPS) is 12.9. The third-order valence-corrected chi connectivity index (χ3v) is 1.73. The monoisotopic (exact) mass is 201 g/mol. The molecule has 70 valence electrons. The van der Waals surface area contributed by atoms with E-state index in [0.29, 0.717) is 5.92 Å². The van der Waals surface area contributed by atoms with Crippen molar-refractivity contribution in [3.8, 4) is 0 Å². The minimum atomic E-state index is 0. The van der Waals surface area contributed by atoms with Crippen LogP contribution in [-0.2, 0) is 16.5 Å². The van der Waals surface area contributed by atoms with Gasteiger partial charge in [0.2, 0.25) is 0 Å². The third-order valence-electron chi connectivity index (χ3n) is 1.73. The van der Waals surface area contributed by atoms with E-state index < -0.39 is 0 Å². The summed E-state index contributed by atoms with van der Waals surface area (Å²) in [7, 11) is 0. The van der Waals surface area contributed by atoms with Gasteiger partial charge in [-0.1, -0.05) is 26.7 Å². The Bertz CT molecular complexity index is 96.1. The van der Waals surface area contributed by atoms with Crippen molar-refractivity contribution in [2.75, 3.05) is 0 Å². The van der Waals surface area contributed by atoms with Crippen molar-refractivity contribution in [3.63, 3.8) is 0 Å². The average molecular weight is 202 g/mol. The van der Waals surface area contributed by atoms with Crippen LogP contribution in [0.3, 0.4) is 0 Å². The fourth-order valence-corrected chi connectivity index (χ4v) is 0.945. The van der Waals surface area contributed by atoms with Gasteiger partial charge in [0.15, 0.2) is 0 Å². The molecule has 0 aromatic carbocycles. The number of unbranched alkanes of at least 4 members (excludes halogenated alkanes) is 1. The Balaban J connectivity index is 0. The Labute approximate surface area is 79.0 Å². The van der Waals surface area contributed by atoms with Gasteiger partial charge in [0.05, 0.1) is 0 Å². The molecule has 3 heteroatoms. The van der Waals surface area contributed by atoms with Gasteiger partial charge in [0.1, 0.15) is 0 Å². The molecule has 1 unspecified atom stereocenters. The second-order valence-electron chi connectivity index (χ2n) is 2.58. The Morgan fingerprint density at radius 2 is 2.09 bits per heavy atom. The first-order valence-electron chi connectivity index (χ1n) is 4.02. The number of hydrogen-bond donors (Lipinski definition) is 1. The van der Waals surface area contributed by atoms with E-state index in [1.54, 1.807) is 6.21 Å². The van der Waals surface area contributed by atoms with Crippen LogP contribution in [-0.4, -0.2) is 11.4 Å². The van der Waals surface area contributed by atoms with Gasteiger partial charge in [-0.3, -0.25) is 0 Å². The summed E-state index contributed by atoms with van der Waals surface area (Å²) in [5.74, 6) is 0.477. The van der Waals surface area contributed by atoms with Crippen molar-refractivity contribution >= 4 is 6.21 Å². The topological polar surface area (TPSA) is 32.6 Å². The molecule has 0 aromatic heterocycles. The zero-order chi connectivity index (χ0) is 7.82. The van der Waals surface area contributed by atoms with Gasteiger partial charge in [-0.05, 0) is 18.8 Å². The first kappa shape index (κ1) is 13.5. The number of oxime groups is 1. The predicted octanol–water partition coefficient (Wildman–Crippen LogP) is 2.66. The van der Waals surface area contributed by atoms with Crippen LogP contribution in [0, 0.1) is 5.92 Å². The number of hydrogen-bond acceptors (Lipinski definition) is 2. The van der Waals surface area contributed by atoms with Crippen molar-refractivity contribution in [2.24, 2.45) is 11.1 Å². The molecule has 0 fully saturated rings. The largest absolute Gasteiger partial charge is 0.411 e. The average Bonchev–Trinajstić information content (AvgIpc) is 1.98. The second-order valence-corrected chi connectivity index (χ2v) is 2.58. The molecule has 2 nitrogen and oxygen atoms in total. The van der Waals surface area contributed by atoms with Crippen LogP contribution in [0.25, 0.3) is 0 Å². The molecule has 1 N–H and O–H groups in total. The van der Waals surface area contributed by atoms with Crippen LogP contribution in [0.4, 0.5) is 0 Å². The van der Waals surface area contributed by atoms with Gasteiger partial charge in [-0.2, -0.15) is 0 Å². The zero-order valence-electron chi connectivity index (χ0n) is 7.19. The van der Waals surface area contributed by atoms with E-state index in [1.807, 2.05) is 0 Å². The first-order chi connectivity index (χ1) is 4.85.